The first-order valence-corrected chi connectivity index (χ1v) is 7.82. The summed E-state index contributed by atoms with van der Waals surface area (Å²) in [5, 5.41) is 3.02. The number of benzene rings is 1. The maximum atomic E-state index is 11.9. The highest BCUT2D eigenvalue weighted by Crippen LogP contribution is 2.19. The van der Waals surface area contributed by atoms with E-state index in [0.29, 0.717) is 19.0 Å². The zero-order valence-corrected chi connectivity index (χ0v) is 13.4. The number of nitrogens with zero attached hydrogens (tertiary/aromatic N) is 1. The first-order valence-electron chi connectivity index (χ1n) is 7.02. The van der Waals surface area contributed by atoms with Crippen molar-refractivity contribution in [2.24, 2.45) is 5.73 Å². The van der Waals surface area contributed by atoms with Crippen molar-refractivity contribution in [1.29, 1.82) is 0 Å². The molecule has 0 heterocycles. The molecule has 1 unspecified atom stereocenters. The van der Waals surface area contributed by atoms with E-state index in [4.69, 9.17) is 5.73 Å². The number of rotatable bonds is 7. The number of halogens is 1. The van der Waals surface area contributed by atoms with E-state index in [1.807, 2.05) is 19.2 Å². The third-order valence-corrected chi connectivity index (χ3v) is 4.13. The van der Waals surface area contributed by atoms with Gasteiger partial charge in [-0.15, -0.1) is 0 Å². The lowest BCUT2D eigenvalue weighted by Gasteiger charge is -2.26. The average Bonchev–Trinajstić information content (AvgIpc) is 3.22. The number of amides is 1. The minimum Gasteiger partial charge on any atom is -0.353 e. The second-order valence-corrected chi connectivity index (χ2v) is 6.39. The monoisotopic (exact) mass is 339 g/mol. The van der Waals surface area contributed by atoms with Crippen LogP contribution in [0.5, 0.6) is 0 Å². The quantitative estimate of drug-likeness (QED) is 0.797. The fourth-order valence-corrected chi connectivity index (χ4v) is 2.42. The summed E-state index contributed by atoms with van der Waals surface area (Å²) >= 11 is 3.43. The maximum Gasteiger partial charge on any atom is 0.221 e. The van der Waals surface area contributed by atoms with Crippen molar-refractivity contribution >= 4 is 21.8 Å². The fourth-order valence-electron chi connectivity index (χ4n) is 2.15. The van der Waals surface area contributed by atoms with E-state index in [0.717, 1.165) is 23.9 Å². The summed E-state index contributed by atoms with van der Waals surface area (Å²) in [6.45, 7) is 1.29. The molecule has 0 aliphatic heterocycles. The zero-order chi connectivity index (χ0) is 14.5. The lowest BCUT2D eigenvalue weighted by Crippen LogP contribution is -2.41. The van der Waals surface area contributed by atoms with Crippen molar-refractivity contribution in [2.75, 3.05) is 13.6 Å². The predicted octanol–water partition coefficient (Wildman–Crippen LogP) is 1.88. The Balaban J connectivity index is 1.85. The summed E-state index contributed by atoms with van der Waals surface area (Å²) in [6, 6.07) is 8.72. The van der Waals surface area contributed by atoms with Crippen LogP contribution in [-0.4, -0.2) is 36.5 Å². The number of nitrogens with two attached hydrogens (primary N) is 1. The van der Waals surface area contributed by atoms with Crippen LogP contribution in [0.2, 0.25) is 0 Å². The van der Waals surface area contributed by atoms with Gasteiger partial charge in [0.25, 0.3) is 0 Å². The molecule has 1 aromatic carbocycles. The molecule has 1 amide bonds. The molecule has 0 spiro atoms. The van der Waals surface area contributed by atoms with Crippen molar-refractivity contribution in [1.82, 2.24) is 10.2 Å². The number of carbonyl (C=O) groups excluding carboxylic acids is 1. The molecule has 2 rings (SSSR count). The molecule has 1 saturated carbocycles. The first-order chi connectivity index (χ1) is 9.58. The molecule has 1 atom stereocenters. The molecule has 0 saturated heterocycles. The van der Waals surface area contributed by atoms with E-state index in [9.17, 15) is 4.79 Å². The Bertz CT molecular complexity index is 445. The van der Waals surface area contributed by atoms with Crippen LogP contribution in [-0.2, 0) is 11.3 Å². The Morgan fingerprint density at radius 1 is 1.45 bits per heavy atom. The third-order valence-electron chi connectivity index (χ3n) is 3.60. The molecule has 1 fully saturated rings. The SMILES string of the molecule is CN(Cc1ccc(Br)cc1)C(CN)CC(=O)NC1CC1. The Morgan fingerprint density at radius 2 is 2.10 bits per heavy atom. The molecule has 20 heavy (non-hydrogen) atoms. The van der Waals surface area contributed by atoms with Crippen LogP contribution < -0.4 is 11.1 Å². The van der Waals surface area contributed by atoms with Gasteiger partial charge in [-0.25, -0.2) is 0 Å². The minimum absolute atomic E-state index is 0.0809. The van der Waals surface area contributed by atoms with Gasteiger partial charge >= 0.3 is 0 Å². The van der Waals surface area contributed by atoms with Crippen LogP contribution in [0.15, 0.2) is 28.7 Å². The van der Waals surface area contributed by atoms with Crippen molar-refractivity contribution < 1.29 is 4.79 Å². The fraction of sp³-hybridized carbons (Fsp3) is 0.533. The summed E-state index contributed by atoms with van der Waals surface area (Å²) in [5.41, 5.74) is 7.04. The Labute approximate surface area is 128 Å². The largest absolute Gasteiger partial charge is 0.353 e. The summed E-state index contributed by atoms with van der Waals surface area (Å²) in [7, 11) is 2.02. The second kappa shape index (κ2) is 7.20. The van der Waals surface area contributed by atoms with Gasteiger partial charge in [-0.2, -0.15) is 0 Å². The van der Waals surface area contributed by atoms with Gasteiger partial charge in [-0.3, -0.25) is 9.69 Å². The van der Waals surface area contributed by atoms with Gasteiger partial charge in [0.2, 0.25) is 5.91 Å². The normalized spacial score (nSPS) is 16.2. The molecule has 0 radical (unpaired) electrons. The second-order valence-electron chi connectivity index (χ2n) is 5.48. The summed E-state index contributed by atoms with van der Waals surface area (Å²) in [4.78, 5) is 14.0. The zero-order valence-electron chi connectivity index (χ0n) is 11.8. The molecule has 5 heteroatoms. The van der Waals surface area contributed by atoms with Gasteiger partial charge in [-0.1, -0.05) is 28.1 Å². The van der Waals surface area contributed by atoms with E-state index in [-0.39, 0.29) is 11.9 Å². The van der Waals surface area contributed by atoms with Gasteiger partial charge in [0, 0.05) is 36.1 Å². The molecule has 1 aliphatic rings. The van der Waals surface area contributed by atoms with Gasteiger partial charge in [0.05, 0.1) is 0 Å². The molecular weight excluding hydrogens is 318 g/mol. The lowest BCUT2D eigenvalue weighted by atomic mass is 10.1. The van der Waals surface area contributed by atoms with E-state index in [2.05, 4.69) is 38.3 Å². The third kappa shape index (κ3) is 4.89. The highest BCUT2D eigenvalue weighted by molar-refractivity contribution is 9.10. The molecule has 0 aromatic heterocycles. The molecule has 0 bridgehead atoms. The summed E-state index contributed by atoms with van der Waals surface area (Å²) in [6.07, 6.45) is 2.71. The molecule has 4 nitrogen and oxygen atoms in total. The van der Waals surface area contributed by atoms with Crippen LogP contribution in [0.25, 0.3) is 0 Å². The summed E-state index contributed by atoms with van der Waals surface area (Å²) in [5.74, 6) is 0.116. The van der Waals surface area contributed by atoms with E-state index in [1.165, 1.54) is 5.56 Å². The standard InChI is InChI=1S/C15H22BrN3O/c1-19(10-11-2-4-12(16)5-3-11)14(9-17)8-15(20)18-13-6-7-13/h2-5,13-14H,6-10,17H2,1H3,(H,18,20). The smallest absolute Gasteiger partial charge is 0.221 e. The van der Waals surface area contributed by atoms with Gasteiger partial charge in [0.15, 0.2) is 0 Å². The number of likely N-dealkylation sites (N-methyl/N-ethyl adjacent to an activating group) is 1. The summed E-state index contributed by atoms with van der Waals surface area (Å²) < 4.78 is 1.07. The van der Waals surface area contributed by atoms with Crippen molar-refractivity contribution in [3.05, 3.63) is 34.3 Å². The van der Waals surface area contributed by atoms with E-state index in [1.54, 1.807) is 0 Å². The van der Waals surface area contributed by atoms with Crippen LogP contribution >= 0.6 is 15.9 Å². The number of nitrogens with one attached hydrogen (secondary N) is 1. The van der Waals surface area contributed by atoms with Gasteiger partial charge < -0.3 is 11.1 Å². The van der Waals surface area contributed by atoms with Crippen LogP contribution in [0.4, 0.5) is 0 Å². The van der Waals surface area contributed by atoms with Crippen molar-refractivity contribution in [3.8, 4) is 0 Å². The molecular formula is C15H22BrN3O. The van der Waals surface area contributed by atoms with Crippen LogP contribution in [0, 0.1) is 0 Å². The first kappa shape index (κ1) is 15.5. The number of hydrogen-bond acceptors (Lipinski definition) is 3. The Kier molecular flexibility index (Phi) is 5.57. The average molecular weight is 340 g/mol. The highest BCUT2D eigenvalue weighted by Gasteiger charge is 2.25. The Hall–Kier alpha value is -0.910. The van der Waals surface area contributed by atoms with Gasteiger partial charge in [-0.05, 0) is 37.6 Å². The van der Waals surface area contributed by atoms with E-state index < -0.39 is 0 Å². The maximum absolute atomic E-state index is 11.9. The van der Waals surface area contributed by atoms with E-state index >= 15 is 0 Å². The molecule has 1 aromatic rings. The van der Waals surface area contributed by atoms with Crippen molar-refractivity contribution in [2.45, 2.75) is 37.9 Å². The van der Waals surface area contributed by atoms with Crippen molar-refractivity contribution in [3.63, 3.8) is 0 Å². The molecule has 1 aliphatic carbocycles. The topological polar surface area (TPSA) is 58.4 Å². The van der Waals surface area contributed by atoms with Gasteiger partial charge in [0.1, 0.15) is 0 Å². The number of carbonyl (C=O) groups is 1. The highest BCUT2D eigenvalue weighted by atomic mass is 79.9. The predicted molar refractivity (Wildman–Crippen MR) is 84.2 cm³/mol. The van der Waals surface area contributed by atoms with Crippen LogP contribution in [0.3, 0.4) is 0 Å². The number of hydrogen-bond donors (Lipinski definition) is 2. The minimum atomic E-state index is 0.0809. The molecule has 110 valence electrons. The Morgan fingerprint density at radius 3 is 2.65 bits per heavy atom. The van der Waals surface area contributed by atoms with Crippen LogP contribution in [0.1, 0.15) is 24.8 Å². The molecule has 3 N–H and O–H groups in total. The lowest BCUT2D eigenvalue weighted by molar-refractivity contribution is -0.122.